The van der Waals surface area contributed by atoms with Gasteiger partial charge in [0, 0.05) is 11.6 Å². The Hall–Kier alpha value is -2.53. The van der Waals surface area contributed by atoms with E-state index in [1.165, 1.54) is 41.3 Å². The molecule has 9 nitrogen and oxygen atoms in total. The second-order valence-corrected chi connectivity index (χ2v) is 6.43. The topological polar surface area (TPSA) is 166 Å². The molecular formula is C13H13ClN4O5S. The number of amides is 2. The van der Waals surface area contributed by atoms with Crippen molar-refractivity contribution in [1.82, 2.24) is 0 Å². The molecule has 0 unspecified atom stereocenters. The molecule has 2 aromatic rings. The number of carbonyl (C=O) groups is 2. The molecular weight excluding hydrogens is 360 g/mol. The van der Waals surface area contributed by atoms with Crippen LogP contribution in [0.25, 0.3) is 0 Å². The first-order chi connectivity index (χ1) is 10.7. The van der Waals surface area contributed by atoms with Crippen LogP contribution in [0.5, 0.6) is 0 Å². The number of carbonyl (C=O) groups excluding carboxylic acids is 2. The molecule has 0 radical (unpaired) electrons. The van der Waals surface area contributed by atoms with Crippen LogP contribution in [0, 0.1) is 0 Å². The van der Waals surface area contributed by atoms with E-state index in [2.05, 4.69) is 5.43 Å². The number of primary sulfonamides is 1. The molecule has 0 aliphatic rings. The lowest BCUT2D eigenvalue weighted by Gasteiger charge is -2.05. The monoisotopic (exact) mass is 372 g/mol. The molecule has 1 aromatic heterocycles. The largest absolute Gasteiger partial charge is 0.870 e. The quantitative estimate of drug-likeness (QED) is 0.618. The number of nitrogens with two attached hydrogens (primary N) is 2. The number of primary amides is 1. The summed E-state index contributed by atoms with van der Waals surface area (Å²) in [6.45, 7) is 0. The number of nitrogens with zero attached hydrogens (tertiary/aromatic N) is 1. The number of rotatable bonds is 4. The van der Waals surface area contributed by atoms with E-state index in [0.29, 0.717) is 0 Å². The third kappa shape index (κ3) is 4.49. The molecule has 0 atom stereocenters. The average Bonchev–Trinajstić information content (AvgIpc) is 2.46. The normalized spacial score (nSPS) is 10.6. The highest BCUT2D eigenvalue weighted by Gasteiger charge is 2.18. The number of hydrogen-bond donors (Lipinski definition) is 3. The molecule has 2 rings (SSSR count). The van der Waals surface area contributed by atoms with E-state index < -0.39 is 21.8 Å². The summed E-state index contributed by atoms with van der Waals surface area (Å²) >= 11 is 5.75. The van der Waals surface area contributed by atoms with Crippen molar-refractivity contribution in [3.63, 3.8) is 0 Å². The molecule has 0 fully saturated rings. The Morgan fingerprint density at radius 1 is 1.17 bits per heavy atom. The van der Waals surface area contributed by atoms with Gasteiger partial charge in [0.15, 0.2) is 6.20 Å². The van der Waals surface area contributed by atoms with Gasteiger partial charge in [-0.2, -0.15) is 0 Å². The van der Waals surface area contributed by atoms with Crippen LogP contribution in [0.4, 0.5) is 0 Å². The van der Waals surface area contributed by atoms with Crippen LogP contribution >= 0.6 is 11.6 Å². The number of nitrogens with one attached hydrogen (secondary N) is 1. The standard InChI is InChI=1S/C13H11ClN4O4S.H2O/c14-10-4-3-8(6-11(10)23(16,21)22)13(20)17-18-5-1-2-9(7-18)12(15)19;/h1-7H,(H4-,15,16,17,19,20,21,22);1H2. The van der Waals surface area contributed by atoms with Gasteiger partial charge in [-0.1, -0.05) is 16.3 Å². The highest BCUT2D eigenvalue weighted by atomic mass is 35.5. The van der Waals surface area contributed by atoms with Crippen molar-refractivity contribution in [1.29, 1.82) is 0 Å². The minimum atomic E-state index is -4.06. The van der Waals surface area contributed by atoms with Gasteiger partial charge in [0.05, 0.1) is 5.02 Å². The van der Waals surface area contributed by atoms with E-state index in [1.807, 2.05) is 0 Å². The fourth-order valence-electron chi connectivity index (χ4n) is 1.74. The second-order valence-electron chi connectivity index (χ2n) is 4.50. The first kappa shape index (κ1) is 19.5. The smallest absolute Gasteiger partial charge is 0.305 e. The second kappa shape index (κ2) is 7.36. The molecule has 0 aliphatic carbocycles. The molecule has 1 heterocycles. The molecule has 128 valence electrons. The van der Waals surface area contributed by atoms with E-state index in [4.69, 9.17) is 22.5 Å². The highest BCUT2D eigenvalue weighted by molar-refractivity contribution is 7.89. The van der Waals surface area contributed by atoms with Crippen molar-refractivity contribution in [2.45, 2.75) is 4.90 Å². The maximum absolute atomic E-state index is 12.2. The number of pyridine rings is 1. The third-order valence-corrected chi connectivity index (χ3v) is 4.21. The van der Waals surface area contributed by atoms with Crippen molar-refractivity contribution in [2.75, 3.05) is 5.43 Å². The summed E-state index contributed by atoms with van der Waals surface area (Å²) in [5.41, 5.74) is 7.80. The van der Waals surface area contributed by atoms with Crippen LogP contribution in [0.3, 0.4) is 0 Å². The van der Waals surface area contributed by atoms with Gasteiger partial charge in [-0.25, -0.2) is 13.6 Å². The molecule has 1 aromatic carbocycles. The molecule has 0 bridgehead atoms. The Kier molecular flexibility index (Phi) is 5.99. The van der Waals surface area contributed by atoms with E-state index >= 15 is 0 Å². The van der Waals surface area contributed by atoms with Gasteiger partial charge in [0.1, 0.15) is 10.5 Å². The zero-order valence-electron chi connectivity index (χ0n) is 12.0. The molecule has 0 saturated carbocycles. The third-order valence-electron chi connectivity index (χ3n) is 2.82. The lowest BCUT2D eigenvalue weighted by atomic mass is 10.2. The summed E-state index contributed by atoms with van der Waals surface area (Å²) in [6, 6.07) is 6.64. The van der Waals surface area contributed by atoms with Crippen LogP contribution in [-0.4, -0.2) is 25.7 Å². The van der Waals surface area contributed by atoms with Crippen LogP contribution in [0.15, 0.2) is 47.6 Å². The first-order valence-corrected chi connectivity index (χ1v) is 8.06. The average molecular weight is 373 g/mol. The zero-order chi connectivity index (χ0) is 17.2. The van der Waals surface area contributed by atoms with Crippen molar-refractivity contribution in [2.24, 2.45) is 10.9 Å². The fraction of sp³-hybridized carbons (Fsp3) is 0. The Balaban J connectivity index is 0.00000288. The summed E-state index contributed by atoms with van der Waals surface area (Å²) in [4.78, 5) is 22.9. The Bertz CT molecular complexity index is 901. The molecule has 0 aliphatic heterocycles. The minimum absolute atomic E-state index is 0. The summed E-state index contributed by atoms with van der Waals surface area (Å²) < 4.78 is 24.0. The summed E-state index contributed by atoms with van der Waals surface area (Å²) in [6.07, 6.45) is 2.79. The first-order valence-electron chi connectivity index (χ1n) is 6.13. The molecule has 6 N–H and O–H groups in total. The van der Waals surface area contributed by atoms with Crippen LogP contribution in [0.1, 0.15) is 20.7 Å². The summed E-state index contributed by atoms with van der Waals surface area (Å²) in [5.74, 6) is -1.28. The molecule has 2 amide bonds. The Labute approximate surface area is 142 Å². The minimum Gasteiger partial charge on any atom is -0.870 e. The number of halogens is 1. The van der Waals surface area contributed by atoms with Gasteiger partial charge in [-0.15, -0.1) is 5.43 Å². The predicted octanol–water partition coefficient (Wildman–Crippen LogP) is -0.419. The summed E-state index contributed by atoms with van der Waals surface area (Å²) in [5, 5.41) is 4.94. The van der Waals surface area contributed by atoms with Crippen molar-refractivity contribution >= 4 is 33.4 Å². The van der Waals surface area contributed by atoms with Crippen molar-refractivity contribution in [3.8, 4) is 0 Å². The van der Waals surface area contributed by atoms with Crippen molar-refractivity contribution < 1.29 is 28.2 Å². The van der Waals surface area contributed by atoms with Crippen LogP contribution in [-0.2, 0) is 10.0 Å². The maximum Gasteiger partial charge on any atom is 0.305 e. The van der Waals surface area contributed by atoms with Gasteiger partial charge in [0.25, 0.3) is 5.91 Å². The van der Waals surface area contributed by atoms with E-state index in [1.54, 1.807) is 0 Å². The molecule has 0 saturated heterocycles. The van der Waals surface area contributed by atoms with Gasteiger partial charge in [-0.05, 0) is 24.3 Å². The zero-order valence-corrected chi connectivity index (χ0v) is 13.6. The lowest BCUT2D eigenvalue weighted by molar-refractivity contribution is -0.641. The SMILES string of the molecule is NC(=O)c1ccc[n+](NC(=O)c2ccc(Cl)c(S(N)(=O)=O)c2)c1.[OH-]. The highest BCUT2D eigenvalue weighted by Crippen LogP contribution is 2.21. The van der Waals surface area contributed by atoms with Crippen LogP contribution in [0.2, 0.25) is 5.02 Å². The molecule has 11 heteroatoms. The number of aromatic nitrogens is 1. The van der Waals surface area contributed by atoms with Gasteiger partial charge in [-0.3, -0.25) is 9.59 Å². The number of benzene rings is 1. The van der Waals surface area contributed by atoms with Gasteiger partial charge in [0.2, 0.25) is 16.2 Å². The van der Waals surface area contributed by atoms with Crippen molar-refractivity contribution in [3.05, 3.63) is 58.9 Å². The number of hydrogen-bond acceptors (Lipinski definition) is 5. The maximum atomic E-state index is 12.2. The van der Waals surface area contributed by atoms with Gasteiger partial charge < -0.3 is 11.2 Å². The summed E-state index contributed by atoms with van der Waals surface area (Å²) in [7, 11) is -4.06. The molecule has 24 heavy (non-hydrogen) atoms. The lowest BCUT2D eigenvalue weighted by Crippen LogP contribution is -2.48. The predicted molar refractivity (Wildman–Crippen MR) is 83.6 cm³/mol. The van der Waals surface area contributed by atoms with Crippen LogP contribution < -0.4 is 21.0 Å². The Morgan fingerprint density at radius 3 is 2.42 bits per heavy atom. The van der Waals surface area contributed by atoms with E-state index in [-0.39, 0.29) is 26.5 Å². The number of sulfonamides is 1. The van der Waals surface area contributed by atoms with E-state index in [9.17, 15) is 18.0 Å². The molecule has 0 spiro atoms. The van der Waals surface area contributed by atoms with Gasteiger partial charge >= 0.3 is 5.91 Å². The fourth-order valence-corrected chi connectivity index (χ4v) is 2.81. The van der Waals surface area contributed by atoms with E-state index in [0.717, 1.165) is 6.07 Å². The Morgan fingerprint density at radius 2 is 1.83 bits per heavy atom.